The molecule has 20 heavy (non-hydrogen) atoms. The summed E-state index contributed by atoms with van der Waals surface area (Å²) in [7, 11) is 1.55. The number of carboxylic acid groups (broad SMARTS) is 1. The summed E-state index contributed by atoms with van der Waals surface area (Å²) >= 11 is 0. The summed E-state index contributed by atoms with van der Waals surface area (Å²) in [6.07, 6.45) is -4.60. The van der Waals surface area contributed by atoms with Crippen LogP contribution in [0.3, 0.4) is 0 Å². The highest BCUT2D eigenvalue weighted by atomic mass is 19.4. The molecule has 0 amide bonds. The maximum absolute atomic E-state index is 12.9. The number of aromatic carboxylic acids is 1. The molecule has 0 aliphatic heterocycles. The zero-order valence-electron chi connectivity index (χ0n) is 10.9. The maximum atomic E-state index is 12.9. The van der Waals surface area contributed by atoms with Crippen molar-refractivity contribution in [2.24, 2.45) is 0 Å². The lowest BCUT2D eigenvalue weighted by atomic mass is 10.0. The van der Waals surface area contributed by atoms with E-state index in [2.05, 4.69) is 0 Å². The van der Waals surface area contributed by atoms with Crippen molar-refractivity contribution >= 4 is 11.7 Å². The fraction of sp³-hybridized carbons (Fsp3) is 0.385. The topological polar surface area (TPSA) is 64.3 Å². The number of alkyl halides is 3. The summed E-state index contributed by atoms with van der Waals surface area (Å²) in [5.74, 6) is -1.63. The molecule has 0 spiro atoms. The van der Waals surface area contributed by atoms with Crippen LogP contribution in [-0.2, 0) is 6.18 Å². The van der Waals surface area contributed by atoms with Gasteiger partial charge in [-0.25, -0.2) is 4.79 Å². The number of carbonyl (C=O) groups is 1. The predicted molar refractivity (Wildman–Crippen MR) is 66.5 cm³/mol. The minimum Gasteiger partial charge on any atom is -0.478 e. The molecule has 0 saturated heterocycles. The van der Waals surface area contributed by atoms with Crippen LogP contribution in [0.15, 0.2) is 18.2 Å². The fourth-order valence-electron chi connectivity index (χ4n) is 1.70. The van der Waals surface area contributed by atoms with E-state index in [1.165, 1.54) is 11.0 Å². The van der Waals surface area contributed by atoms with Crippen molar-refractivity contribution in [3.63, 3.8) is 0 Å². The summed E-state index contributed by atoms with van der Waals surface area (Å²) < 4.78 is 38.6. The van der Waals surface area contributed by atoms with Gasteiger partial charge in [0.05, 0.1) is 23.6 Å². The highest BCUT2D eigenvalue weighted by molar-refractivity contribution is 5.90. The van der Waals surface area contributed by atoms with Crippen LogP contribution in [0.4, 0.5) is 18.9 Å². The van der Waals surface area contributed by atoms with Gasteiger partial charge in [-0.15, -0.1) is 0 Å². The summed E-state index contributed by atoms with van der Waals surface area (Å²) in [5, 5.41) is 17.4. The second kappa shape index (κ2) is 5.82. The summed E-state index contributed by atoms with van der Waals surface area (Å²) in [5.41, 5.74) is -1.77. The van der Waals surface area contributed by atoms with Crippen LogP contribution in [-0.4, -0.2) is 24.2 Å². The van der Waals surface area contributed by atoms with Gasteiger partial charge in [0, 0.05) is 18.8 Å². The van der Waals surface area contributed by atoms with Crippen molar-refractivity contribution in [3.8, 4) is 6.07 Å². The Balaban J connectivity index is 3.27. The second-order valence-electron chi connectivity index (χ2n) is 4.35. The first-order chi connectivity index (χ1) is 9.18. The molecule has 1 aromatic carbocycles. The molecule has 0 fully saturated rings. The van der Waals surface area contributed by atoms with E-state index in [-0.39, 0.29) is 18.2 Å². The van der Waals surface area contributed by atoms with Gasteiger partial charge < -0.3 is 10.0 Å². The molecule has 0 heterocycles. The predicted octanol–water partition coefficient (Wildman–Crippen LogP) is 3.14. The van der Waals surface area contributed by atoms with Crippen LogP contribution in [0.1, 0.15) is 29.3 Å². The standard InChI is InChI=1S/C13H13F3N2O2/c1-8(5-6-17)18(2)9-3-4-10(12(19)20)11(7-9)13(14,15)16/h3-4,7-8H,5H2,1-2H3,(H,19,20). The van der Waals surface area contributed by atoms with Crippen LogP contribution in [0, 0.1) is 11.3 Å². The molecule has 0 aliphatic rings. The van der Waals surface area contributed by atoms with E-state index in [1.807, 2.05) is 6.07 Å². The van der Waals surface area contributed by atoms with Crippen LogP contribution < -0.4 is 4.90 Å². The molecule has 108 valence electrons. The molecule has 0 aromatic heterocycles. The maximum Gasteiger partial charge on any atom is 0.417 e. The minimum absolute atomic E-state index is 0.151. The molecular weight excluding hydrogens is 273 g/mol. The number of anilines is 1. The summed E-state index contributed by atoms with van der Waals surface area (Å²) in [6.45, 7) is 1.70. The Morgan fingerprint density at radius 1 is 1.50 bits per heavy atom. The van der Waals surface area contributed by atoms with Gasteiger partial charge >= 0.3 is 12.1 Å². The Bertz CT molecular complexity index is 550. The van der Waals surface area contributed by atoms with Crippen LogP contribution in [0.25, 0.3) is 0 Å². The van der Waals surface area contributed by atoms with Crippen LogP contribution >= 0.6 is 0 Å². The van der Waals surface area contributed by atoms with Crippen LogP contribution in [0.2, 0.25) is 0 Å². The first-order valence-electron chi connectivity index (χ1n) is 5.72. The van der Waals surface area contributed by atoms with Gasteiger partial charge in [0.25, 0.3) is 0 Å². The van der Waals surface area contributed by atoms with Gasteiger partial charge in [-0.2, -0.15) is 18.4 Å². The van der Waals surface area contributed by atoms with E-state index in [9.17, 15) is 18.0 Å². The Kier molecular flexibility index (Phi) is 4.61. The van der Waals surface area contributed by atoms with Gasteiger partial charge in [0.1, 0.15) is 0 Å². The van der Waals surface area contributed by atoms with Gasteiger partial charge in [0.2, 0.25) is 0 Å². The monoisotopic (exact) mass is 286 g/mol. The molecule has 7 heteroatoms. The van der Waals surface area contributed by atoms with E-state index in [4.69, 9.17) is 10.4 Å². The molecule has 0 saturated carbocycles. The highest BCUT2D eigenvalue weighted by Crippen LogP contribution is 2.35. The van der Waals surface area contributed by atoms with E-state index < -0.39 is 23.3 Å². The molecule has 1 N–H and O–H groups in total. The molecule has 0 aliphatic carbocycles. The third kappa shape index (κ3) is 3.41. The van der Waals surface area contributed by atoms with Crippen LogP contribution in [0.5, 0.6) is 0 Å². The molecule has 0 radical (unpaired) electrons. The molecule has 1 unspecified atom stereocenters. The first-order valence-corrected chi connectivity index (χ1v) is 5.72. The third-order valence-corrected chi connectivity index (χ3v) is 2.99. The highest BCUT2D eigenvalue weighted by Gasteiger charge is 2.36. The van der Waals surface area contributed by atoms with Gasteiger partial charge in [-0.3, -0.25) is 0 Å². The van der Waals surface area contributed by atoms with Gasteiger partial charge in [0.15, 0.2) is 0 Å². The number of hydrogen-bond acceptors (Lipinski definition) is 3. The van der Waals surface area contributed by atoms with Crippen molar-refractivity contribution < 1.29 is 23.1 Å². The van der Waals surface area contributed by atoms with Crippen molar-refractivity contribution in [2.45, 2.75) is 25.6 Å². The molecule has 4 nitrogen and oxygen atoms in total. The summed E-state index contributed by atoms with van der Waals surface area (Å²) in [4.78, 5) is 12.3. The SMILES string of the molecule is CC(CC#N)N(C)c1ccc(C(=O)O)c(C(F)(F)F)c1. The zero-order chi connectivity index (χ0) is 15.5. The van der Waals surface area contributed by atoms with Gasteiger partial charge in [-0.05, 0) is 25.1 Å². The number of rotatable bonds is 4. The smallest absolute Gasteiger partial charge is 0.417 e. The third-order valence-electron chi connectivity index (χ3n) is 2.99. The lowest BCUT2D eigenvalue weighted by Gasteiger charge is -2.26. The minimum atomic E-state index is -4.75. The van der Waals surface area contributed by atoms with E-state index in [0.717, 1.165) is 12.1 Å². The lowest BCUT2D eigenvalue weighted by molar-refractivity contribution is -0.138. The molecule has 1 aromatic rings. The van der Waals surface area contributed by atoms with Crippen molar-refractivity contribution in [1.82, 2.24) is 0 Å². The first kappa shape index (κ1) is 15.8. The normalized spacial score (nSPS) is 12.6. The lowest BCUT2D eigenvalue weighted by Crippen LogP contribution is -2.28. The molecular formula is C13H13F3N2O2. The quantitative estimate of drug-likeness (QED) is 0.923. The zero-order valence-corrected chi connectivity index (χ0v) is 10.9. The molecule has 0 bridgehead atoms. The Hall–Kier alpha value is -2.23. The average molecular weight is 286 g/mol. The second-order valence-corrected chi connectivity index (χ2v) is 4.35. The Morgan fingerprint density at radius 2 is 2.10 bits per heavy atom. The van der Waals surface area contributed by atoms with Crippen molar-refractivity contribution in [2.75, 3.05) is 11.9 Å². The number of hydrogen-bond donors (Lipinski definition) is 1. The molecule has 1 rings (SSSR count). The number of carboxylic acids is 1. The van der Waals surface area contributed by atoms with Gasteiger partial charge in [-0.1, -0.05) is 0 Å². The summed E-state index contributed by atoms with van der Waals surface area (Å²) in [6, 6.07) is 4.67. The Labute approximate surface area is 114 Å². The fourth-order valence-corrected chi connectivity index (χ4v) is 1.70. The largest absolute Gasteiger partial charge is 0.478 e. The number of nitriles is 1. The average Bonchev–Trinajstić information content (AvgIpc) is 2.36. The number of halogens is 3. The number of benzene rings is 1. The van der Waals surface area contributed by atoms with E-state index in [1.54, 1.807) is 14.0 Å². The van der Waals surface area contributed by atoms with E-state index >= 15 is 0 Å². The van der Waals surface area contributed by atoms with Crippen molar-refractivity contribution in [3.05, 3.63) is 29.3 Å². The Morgan fingerprint density at radius 3 is 2.55 bits per heavy atom. The van der Waals surface area contributed by atoms with E-state index in [0.29, 0.717) is 0 Å². The number of nitrogens with zero attached hydrogens (tertiary/aromatic N) is 2. The van der Waals surface area contributed by atoms with Crippen molar-refractivity contribution in [1.29, 1.82) is 5.26 Å². The molecule has 1 atom stereocenters.